The summed E-state index contributed by atoms with van der Waals surface area (Å²) in [6.45, 7) is 2.51. The molecule has 1 aromatic rings. The Morgan fingerprint density at radius 1 is 1.30 bits per heavy atom. The second-order valence-electron chi connectivity index (χ2n) is 7.88. The van der Waals surface area contributed by atoms with Crippen LogP contribution in [-0.4, -0.2) is 0 Å². The Morgan fingerprint density at radius 2 is 2.00 bits per heavy atom. The number of nitrogens with two attached hydrogens (primary N) is 1. The number of hydrazine groups is 1. The lowest BCUT2D eigenvalue weighted by atomic mass is 9.43. The predicted molar refractivity (Wildman–Crippen MR) is 84.6 cm³/mol. The lowest BCUT2D eigenvalue weighted by Crippen LogP contribution is -2.56. The molecule has 20 heavy (non-hydrogen) atoms. The topological polar surface area (TPSA) is 38.0 Å². The highest BCUT2D eigenvalue weighted by molar-refractivity contribution is 7.16. The number of hydrogen-bond acceptors (Lipinski definition) is 3. The van der Waals surface area contributed by atoms with E-state index in [1.54, 1.807) is 11.3 Å². The first-order valence-electron chi connectivity index (χ1n) is 7.73. The molecule has 4 aliphatic carbocycles. The second kappa shape index (κ2) is 4.45. The zero-order chi connectivity index (χ0) is 14.0. The Morgan fingerprint density at radius 3 is 2.50 bits per heavy atom. The minimum atomic E-state index is 0.283. The lowest BCUT2D eigenvalue weighted by molar-refractivity contribution is -0.118. The maximum absolute atomic E-state index is 6.15. The third kappa shape index (κ3) is 1.98. The molecule has 0 radical (unpaired) electrons. The summed E-state index contributed by atoms with van der Waals surface area (Å²) in [5.74, 6) is 7.84. The quantitative estimate of drug-likeness (QED) is 0.636. The van der Waals surface area contributed by atoms with Crippen LogP contribution in [0.1, 0.15) is 56.4 Å². The van der Waals surface area contributed by atoms with E-state index in [0.29, 0.717) is 10.8 Å². The number of rotatable bonds is 3. The van der Waals surface area contributed by atoms with Crippen LogP contribution in [0.5, 0.6) is 0 Å². The predicted octanol–water partition coefficient (Wildman–Crippen LogP) is 4.51. The van der Waals surface area contributed by atoms with E-state index in [1.165, 1.54) is 43.4 Å². The van der Waals surface area contributed by atoms with Gasteiger partial charge >= 0.3 is 0 Å². The molecule has 3 N–H and O–H groups in total. The summed E-state index contributed by atoms with van der Waals surface area (Å²) < 4.78 is 0.871. The molecule has 3 atom stereocenters. The van der Waals surface area contributed by atoms with Gasteiger partial charge in [-0.1, -0.05) is 18.5 Å². The fourth-order valence-corrected chi connectivity index (χ4v) is 7.44. The lowest BCUT2D eigenvalue weighted by Gasteiger charge is -2.63. The third-order valence-electron chi connectivity index (χ3n) is 6.06. The van der Waals surface area contributed by atoms with Crippen molar-refractivity contribution in [3.63, 3.8) is 0 Å². The number of nitrogens with one attached hydrogen (secondary N) is 1. The van der Waals surface area contributed by atoms with Crippen LogP contribution in [0.3, 0.4) is 0 Å². The van der Waals surface area contributed by atoms with Crippen molar-refractivity contribution in [1.29, 1.82) is 0 Å². The van der Waals surface area contributed by atoms with E-state index in [2.05, 4.69) is 18.4 Å². The van der Waals surface area contributed by atoms with Crippen LogP contribution in [0, 0.1) is 22.7 Å². The summed E-state index contributed by atoms with van der Waals surface area (Å²) >= 11 is 7.84. The van der Waals surface area contributed by atoms with E-state index in [1.807, 2.05) is 6.07 Å². The molecular weight excluding hydrogens is 288 g/mol. The van der Waals surface area contributed by atoms with E-state index in [4.69, 9.17) is 17.4 Å². The summed E-state index contributed by atoms with van der Waals surface area (Å²) in [5.41, 5.74) is 4.08. The zero-order valence-corrected chi connectivity index (χ0v) is 13.6. The van der Waals surface area contributed by atoms with Crippen molar-refractivity contribution in [2.75, 3.05) is 0 Å². The van der Waals surface area contributed by atoms with Crippen molar-refractivity contribution in [2.24, 2.45) is 28.5 Å². The van der Waals surface area contributed by atoms with Crippen LogP contribution in [-0.2, 0) is 0 Å². The number of thiophene rings is 1. The smallest absolute Gasteiger partial charge is 0.0931 e. The van der Waals surface area contributed by atoms with E-state index in [-0.39, 0.29) is 6.04 Å². The van der Waals surface area contributed by atoms with E-state index >= 15 is 0 Å². The molecule has 4 fully saturated rings. The van der Waals surface area contributed by atoms with Gasteiger partial charge in [-0.3, -0.25) is 11.3 Å². The maximum Gasteiger partial charge on any atom is 0.0931 e. The summed E-state index contributed by atoms with van der Waals surface area (Å²) in [4.78, 5) is 1.32. The highest BCUT2D eigenvalue weighted by atomic mass is 35.5. The fraction of sp³-hybridized carbons (Fsp3) is 0.750. The van der Waals surface area contributed by atoms with Gasteiger partial charge in [-0.25, -0.2) is 0 Å². The highest BCUT2D eigenvalue weighted by Crippen LogP contribution is 2.68. The highest BCUT2D eigenvalue weighted by Gasteiger charge is 2.58. The Hall–Kier alpha value is -0.0900. The van der Waals surface area contributed by atoms with Gasteiger partial charge in [0.1, 0.15) is 0 Å². The van der Waals surface area contributed by atoms with Gasteiger partial charge < -0.3 is 0 Å². The van der Waals surface area contributed by atoms with Crippen molar-refractivity contribution in [2.45, 2.75) is 51.5 Å². The molecule has 4 heteroatoms. The molecule has 0 spiro atoms. The molecule has 0 saturated heterocycles. The van der Waals surface area contributed by atoms with Crippen molar-refractivity contribution in [1.82, 2.24) is 5.43 Å². The molecule has 2 nitrogen and oxygen atoms in total. The zero-order valence-electron chi connectivity index (χ0n) is 12.0. The minimum absolute atomic E-state index is 0.283. The van der Waals surface area contributed by atoms with Crippen molar-refractivity contribution < 1.29 is 0 Å². The van der Waals surface area contributed by atoms with Gasteiger partial charge in [0.25, 0.3) is 0 Å². The van der Waals surface area contributed by atoms with Crippen molar-refractivity contribution in [3.05, 3.63) is 21.3 Å². The largest absolute Gasteiger partial charge is 0.271 e. The van der Waals surface area contributed by atoms with Gasteiger partial charge in [0.05, 0.1) is 10.4 Å². The van der Waals surface area contributed by atoms with E-state index < -0.39 is 0 Å². The van der Waals surface area contributed by atoms with Gasteiger partial charge in [-0.05, 0) is 73.3 Å². The maximum atomic E-state index is 6.15. The Kier molecular flexibility index (Phi) is 3.02. The van der Waals surface area contributed by atoms with Crippen molar-refractivity contribution in [3.8, 4) is 0 Å². The fourth-order valence-electron chi connectivity index (χ4n) is 6.18. The van der Waals surface area contributed by atoms with Crippen LogP contribution >= 0.6 is 22.9 Å². The van der Waals surface area contributed by atoms with E-state index in [0.717, 1.165) is 16.2 Å². The summed E-state index contributed by atoms with van der Waals surface area (Å²) in [7, 11) is 0. The average Bonchev–Trinajstić information content (AvgIpc) is 2.72. The first kappa shape index (κ1) is 13.6. The Bertz CT molecular complexity index is 512. The number of hydrogen-bond donors (Lipinski definition) is 2. The number of halogens is 1. The first-order valence-corrected chi connectivity index (χ1v) is 8.93. The van der Waals surface area contributed by atoms with E-state index in [9.17, 15) is 0 Å². The van der Waals surface area contributed by atoms with Gasteiger partial charge in [0, 0.05) is 4.88 Å². The Balaban J connectivity index is 1.72. The molecule has 0 aromatic carbocycles. The van der Waals surface area contributed by atoms with Crippen molar-refractivity contribution >= 4 is 22.9 Å². The second-order valence-corrected chi connectivity index (χ2v) is 9.62. The molecule has 1 aromatic heterocycles. The molecule has 4 bridgehead atoms. The summed E-state index contributed by atoms with van der Waals surface area (Å²) in [6.07, 6.45) is 8.37. The molecule has 4 saturated carbocycles. The first-order chi connectivity index (χ1) is 9.52. The third-order valence-corrected chi connectivity index (χ3v) is 7.35. The van der Waals surface area contributed by atoms with Gasteiger partial charge in [-0.2, -0.15) is 0 Å². The molecule has 3 unspecified atom stereocenters. The SMILES string of the molecule is CC12CC3CC(C1)CC(C(NN)c1ccc(Cl)s1)(C3)C2. The summed E-state index contributed by atoms with van der Waals surface area (Å²) in [5, 5.41) is 0. The van der Waals surface area contributed by atoms with Crippen LogP contribution in [0.4, 0.5) is 0 Å². The Labute approximate surface area is 130 Å². The van der Waals surface area contributed by atoms with Gasteiger partial charge in [0.2, 0.25) is 0 Å². The standard InChI is InChI=1S/C16H23ClN2S/c1-15-5-10-4-11(6-15)8-16(7-10,9-15)14(19-18)12-2-3-13(17)20-12/h2-3,10-11,14,19H,4-9,18H2,1H3. The molecular formula is C16H23ClN2S. The monoisotopic (exact) mass is 310 g/mol. The van der Waals surface area contributed by atoms with Crippen LogP contribution in [0.25, 0.3) is 0 Å². The molecule has 1 heterocycles. The molecule has 110 valence electrons. The van der Waals surface area contributed by atoms with Gasteiger partial charge in [0.15, 0.2) is 0 Å². The molecule has 0 amide bonds. The minimum Gasteiger partial charge on any atom is -0.271 e. The van der Waals surface area contributed by atoms with Crippen LogP contribution in [0.2, 0.25) is 4.34 Å². The molecule has 0 aliphatic heterocycles. The van der Waals surface area contributed by atoms with Crippen LogP contribution in [0.15, 0.2) is 12.1 Å². The summed E-state index contributed by atoms with van der Waals surface area (Å²) in [6, 6.07) is 4.46. The van der Waals surface area contributed by atoms with Crippen LogP contribution < -0.4 is 11.3 Å². The average molecular weight is 311 g/mol. The molecule has 4 aliphatic rings. The normalized spacial score (nSPS) is 44.0. The van der Waals surface area contributed by atoms with Gasteiger partial charge in [-0.15, -0.1) is 11.3 Å². The molecule has 5 rings (SSSR count).